The Hall–Kier alpha value is -0.713. The van der Waals surface area contributed by atoms with E-state index in [2.05, 4.69) is 73.4 Å². The van der Waals surface area contributed by atoms with Gasteiger partial charge in [-0.1, -0.05) is 59.8 Å². The quantitative estimate of drug-likeness (QED) is 0.387. The third-order valence-electron chi connectivity index (χ3n) is 6.28. The van der Waals surface area contributed by atoms with Crippen molar-refractivity contribution >= 4 is 14.1 Å². The molecule has 3 atom stereocenters. The molecule has 0 saturated carbocycles. The van der Waals surface area contributed by atoms with Crippen LogP contribution < -0.4 is 0 Å². The lowest BCUT2D eigenvalue weighted by Gasteiger charge is -2.37. The minimum Gasteiger partial charge on any atom is -0.409 e. The van der Waals surface area contributed by atoms with Crippen LogP contribution in [0.1, 0.15) is 61.3 Å². The molecule has 0 aromatic heterocycles. The van der Waals surface area contributed by atoms with Crippen molar-refractivity contribution in [2.24, 2.45) is 11.3 Å². The van der Waals surface area contributed by atoms with Crippen molar-refractivity contribution in [1.82, 2.24) is 0 Å². The molecule has 1 fully saturated rings. The summed E-state index contributed by atoms with van der Waals surface area (Å²) >= 11 is 0. The fourth-order valence-corrected chi connectivity index (χ4v) is 3.69. The normalized spacial score (nSPS) is 26.3. The van der Waals surface area contributed by atoms with E-state index < -0.39 is 13.9 Å². The first-order chi connectivity index (χ1) is 11.6. The zero-order chi connectivity index (χ0) is 20.4. The highest BCUT2D eigenvalue weighted by Gasteiger charge is 2.47. The second kappa shape index (κ2) is 8.11. The van der Waals surface area contributed by atoms with E-state index >= 15 is 0 Å². The molecule has 0 bridgehead atoms. The Labute approximate surface area is 162 Å². The Morgan fingerprint density at radius 3 is 2.42 bits per heavy atom. The second-order valence-electron chi connectivity index (χ2n) is 10.1. The molecule has 0 radical (unpaired) electrons. The maximum atomic E-state index is 12.9. The monoisotopic (exact) mass is 380 g/mol. The topological polar surface area (TPSA) is 35.5 Å². The Balaban J connectivity index is 2.74. The van der Waals surface area contributed by atoms with Gasteiger partial charge in [0.25, 0.3) is 0 Å². The number of hydrogen-bond acceptors (Lipinski definition) is 3. The maximum Gasteiger partial charge on any atom is 0.192 e. The van der Waals surface area contributed by atoms with Crippen molar-refractivity contribution in [1.29, 1.82) is 0 Å². The summed E-state index contributed by atoms with van der Waals surface area (Å²) in [6.45, 7) is 23.3. The Morgan fingerprint density at radius 2 is 1.92 bits per heavy atom. The van der Waals surface area contributed by atoms with E-state index in [0.717, 1.165) is 12.8 Å². The van der Waals surface area contributed by atoms with Gasteiger partial charge in [0.15, 0.2) is 14.1 Å². The molecule has 0 aliphatic carbocycles. The van der Waals surface area contributed by atoms with Crippen LogP contribution in [0.15, 0.2) is 24.8 Å². The summed E-state index contributed by atoms with van der Waals surface area (Å²) < 4.78 is 12.4. The van der Waals surface area contributed by atoms with Gasteiger partial charge < -0.3 is 9.16 Å². The van der Waals surface area contributed by atoms with Crippen LogP contribution >= 0.6 is 0 Å². The summed E-state index contributed by atoms with van der Waals surface area (Å²) in [5, 5.41) is 0.0991. The molecule has 3 nitrogen and oxygen atoms in total. The first-order valence-corrected chi connectivity index (χ1v) is 12.7. The van der Waals surface area contributed by atoms with Crippen LogP contribution in [0, 0.1) is 11.3 Å². The Bertz CT molecular complexity index is 542. The van der Waals surface area contributed by atoms with Gasteiger partial charge in [-0.15, -0.1) is 6.58 Å². The van der Waals surface area contributed by atoms with Crippen LogP contribution in [0.2, 0.25) is 18.1 Å². The van der Waals surface area contributed by atoms with Crippen LogP contribution in [0.5, 0.6) is 0 Å². The lowest BCUT2D eigenvalue weighted by atomic mass is 9.83. The van der Waals surface area contributed by atoms with Crippen LogP contribution in [-0.4, -0.2) is 32.4 Å². The van der Waals surface area contributed by atoms with E-state index in [4.69, 9.17) is 9.16 Å². The van der Waals surface area contributed by atoms with Crippen molar-refractivity contribution in [3.05, 3.63) is 24.8 Å². The van der Waals surface area contributed by atoms with Gasteiger partial charge in [0.2, 0.25) is 0 Å². The third-order valence-corrected chi connectivity index (χ3v) is 10.8. The third kappa shape index (κ3) is 5.64. The molecule has 1 heterocycles. The SMILES string of the molecule is C=C[C@H](C)/C=C/C(C)(C)[C@H]1CC[C@@](C)(C(=O)CO[Si](C)(C)C(C)(C)C)O1. The second-order valence-corrected chi connectivity index (χ2v) is 14.9. The summed E-state index contributed by atoms with van der Waals surface area (Å²) in [6.07, 6.45) is 7.97. The van der Waals surface area contributed by atoms with Gasteiger partial charge in [-0.25, -0.2) is 0 Å². The molecular weight excluding hydrogens is 340 g/mol. The van der Waals surface area contributed by atoms with Gasteiger partial charge >= 0.3 is 0 Å². The van der Waals surface area contributed by atoms with Crippen LogP contribution in [0.4, 0.5) is 0 Å². The first kappa shape index (κ1) is 23.3. The van der Waals surface area contributed by atoms with E-state index in [1.54, 1.807) is 0 Å². The molecule has 0 amide bonds. The smallest absolute Gasteiger partial charge is 0.192 e. The van der Waals surface area contributed by atoms with Crippen LogP contribution in [-0.2, 0) is 14.0 Å². The fourth-order valence-electron chi connectivity index (χ4n) is 2.77. The molecule has 0 aromatic carbocycles. The lowest BCUT2D eigenvalue weighted by Crippen LogP contribution is -2.46. The number of rotatable bonds is 8. The molecule has 1 rings (SSSR count). The Morgan fingerprint density at radius 1 is 1.35 bits per heavy atom. The van der Waals surface area contributed by atoms with Crippen molar-refractivity contribution < 1.29 is 14.0 Å². The van der Waals surface area contributed by atoms with E-state index in [-0.39, 0.29) is 28.9 Å². The summed E-state index contributed by atoms with van der Waals surface area (Å²) in [5.74, 6) is 0.408. The standard InChI is InChI=1S/C22H40O3Si/c1-11-17(2)12-14-21(6,7)19-13-15-22(8,25-19)18(23)16-24-26(9,10)20(3,4)5/h11-12,14,17,19H,1,13,15-16H2,2-10H3/b14-12+/t17-,19+,22-/m0/s1. The van der Waals surface area contributed by atoms with Crippen molar-refractivity contribution in [3.63, 3.8) is 0 Å². The highest BCUT2D eigenvalue weighted by Crippen LogP contribution is 2.41. The summed E-state index contributed by atoms with van der Waals surface area (Å²) in [7, 11) is -1.93. The molecule has 1 saturated heterocycles. The number of Topliss-reactive ketones (excluding diaryl/α,β-unsaturated/α-hetero) is 1. The Kier molecular flexibility index (Phi) is 7.28. The van der Waals surface area contributed by atoms with Crippen LogP contribution in [0.3, 0.4) is 0 Å². The van der Waals surface area contributed by atoms with Gasteiger partial charge in [0, 0.05) is 5.41 Å². The van der Waals surface area contributed by atoms with Crippen molar-refractivity contribution in [2.45, 2.75) is 91.1 Å². The molecule has 0 spiro atoms. The van der Waals surface area contributed by atoms with Crippen molar-refractivity contribution in [2.75, 3.05) is 6.61 Å². The van der Waals surface area contributed by atoms with E-state index in [0.29, 0.717) is 5.92 Å². The first-order valence-electron chi connectivity index (χ1n) is 9.82. The van der Waals surface area contributed by atoms with E-state index in [9.17, 15) is 4.79 Å². The maximum absolute atomic E-state index is 12.9. The fraction of sp³-hybridized carbons (Fsp3) is 0.773. The number of carbonyl (C=O) groups excluding carboxylic acids is 1. The summed E-state index contributed by atoms with van der Waals surface area (Å²) in [4.78, 5) is 12.9. The lowest BCUT2D eigenvalue weighted by molar-refractivity contribution is -0.146. The van der Waals surface area contributed by atoms with Gasteiger partial charge in [0.05, 0.1) is 12.7 Å². The zero-order valence-corrected chi connectivity index (χ0v) is 19.4. The highest BCUT2D eigenvalue weighted by atomic mass is 28.4. The van der Waals surface area contributed by atoms with Crippen molar-refractivity contribution in [3.8, 4) is 0 Å². The molecule has 1 aliphatic rings. The molecule has 1 aliphatic heterocycles. The molecule has 0 N–H and O–H groups in total. The number of allylic oxidation sites excluding steroid dienone is 2. The molecule has 26 heavy (non-hydrogen) atoms. The van der Waals surface area contributed by atoms with Gasteiger partial charge in [0.1, 0.15) is 5.60 Å². The van der Waals surface area contributed by atoms with Gasteiger partial charge in [-0.05, 0) is 43.8 Å². The zero-order valence-electron chi connectivity index (χ0n) is 18.4. The number of ketones is 1. The largest absolute Gasteiger partial charge is 0.409 e. The number of hydrogen-bond donors (Lipinski definition) is 0. The molecular formula is C22H40O3Si. The van der Waals surface area contributed by atoms with E-state index in [1.807, 2.05) is 13.0 Å². The number of carbonyl (C=O) groups is 1. The van der Waals surface area contributed by atoms with Gasteiger partial charge in [-0.3, -0.25) is 4.79 Å². The van der Waals surface area contributed by atoms with Gasteiger partial charge in [-0.2, -0.15) is 0 Å². The molecule has 0 aromatic rings. The summed E-state index contributed by atoms with van der Waals surface area (Å²) in [5.41, 5.74) is -0.849. The molecule has 150 valence electrons. The molecule has 4 heteroatoms. The average Bonchev–Trinajstić information content (AvgIpc) is 2.94. The average molecular weight is 381 g/mol. The minimum absolute atomic E-state index is 0.0394. The highest BCUT2D eigenvalue weighted by molar-refractivity contribution is 6.74. The predicted octanol–water partition coefficient (Wildman–Crippen LogP) is 5.92. The predicted molar refractivity (Wildman–Crippen MR) is 113 cm³/mol. The molecule has 0 unspecified atom stereocenters. The minimum atomic E-state index is -1.93. The number of ether oxygens (including phenoxy) is 1. The summed E-state index contributed by atoms with van der Waals surface area (Å²) in [6, 6.07) is 0. The van der Waals surface area contributed by atoms with E-state index in [1.165, 1.54) is 0 Å². The van der Waals surface area contributed by atoms with Crippen LogP contribution in [0.25, 0.3) is 0 Å².